The topological polar surface area (TPSA) is 79.7 Å². The molecule has 0 fully saturated rings. The van der Waals surface area contributed by atoms with Crippen molar-refractivity contribution in [2.24, 2.45) is 0 Å². The van der Waals surface area contributed by atoms with Crippen molar-refractivity contribution in [2.45, 2.75) is 52.8 Å². The van der Waals surface area contributed by atoms with E-state index in [-0.39, 0.29) is 37.9 Å². The molecule has 0 bridgehead atoms. The summed E-state index contributed by atoms with van der Waals surface area (Å²) < 4.78 is 57.3. The summed E-state index contributed by atoms with van der Waals surface area (Å²) in [7, 11) is 0. The number of rotatable bonds is 10. The molecule has 0 aliphatic rings. The van der Waals surface area contributed by atoms with E-state index in [4.69, 9.17) is 14.2 Å². The lowest BCUT2D eigenvalue weighted by atomic mass is 10.0. The van der Waals surface area contributed by atoms with E-state index in [1.54, 1.807) is 48.7 Å². The Bertz CT molecular complexity index is 1520. The van der Waals surface area contributed by atoms with Gasteiger partial charge in [0.2, 0.25) is 0 Å². The standard InChI is InChI=1S/C31H31F3N2O5/c1-5-39-28(37)16-13-24-25-17-20(26-14-8-21(18-35-26)31(32,33)34)7-15-27(25)36(29(24)30(38)40-6-2)22-9-11-23(12-10-22)41-19(3)4/h7-12,14-15,17-19H,5-6,13,16H2,1-4H3. The molecule has 0 radical (unpaired) electrons. The van der Waals surface area contributed by atoms with E-state index in [0.717, 1.165) is 12.3 Å². The fraction of sp³-hybridized carbons (Fsp3) is 0.323. The van der Waals surface area contributed by atoms with Crippen molar-refractivity contribution in [3.8, 4) is 22.7 Å². The highest BCUT2D eigenvalue weighted by Crippen LogP contribution is 2.36. The molecule has 10 heteroatoms. The second kappa shape index (κ2) is 12.4. The molecule has 0 atom stereocenters. The molecule has 0 spiro atoms. The van der Waals surface area contributed by atoms with Gasteiger partial charge in [0.15, 0.2) is 0 Å². The molecule has 0 saturated heterocycles. The van der Waals surface area contributed by atoms with E-state index >= 15 is 0 Å². The van der Waals surface area contributed by atoms with E-state index in [9.17, 15) is 22.8 Å². The molecule has 0 unspecified atom stereocenters. The lowest BCUT2D eigenvalue weighted by Crippen LogP contribution is -2.14. The number of carbonyl (C=O) groups is 2. The number of aromatic nitrogens is 2. The first-order valence-corrected chi connectivity index (χ1v) is 13.3. The molecule has 7 nitrogen and oxygen atoms in total. The number of esters is 2. The first kappa shape index (κ1) is 29.6. The summed E-state index contributed by atoms with van der Waals surface area (Å²) in [6.07, 6.45) is -3.54. The van der Waals surface area contributed by atoms with Crippen molar-refractivity contribution < 1.29 is 37.0 Å². The van der Waals surface area contributed by atoms with Crippen molar-refractivity contribution in [1.82, 2.24) is 9.55 Å². The van der Waals surface area contributed by atoms with Gasteiger partial charge in [-0.3, -0.25) is 9.78 Å². The van der Waals surface area contributed by atoms with Gasteiger partial charge >= 0.3 is 18.1 Å². The average Bonchev–Trinajstić information content (AvgIpc) is 3.25. The number of halogens is 3. The molecule has 0 aliphatic carbocycles. The highest BCUT2D eigenvalue weighted by Gasteiger charge is 2.31. The fourth-order valence-corrected chi connectivity index (χ4v) is 4.59. The number of alkyl halides is 3. The van der Waals surface area contributed by atoms with Crippen LogP contribution in [0.1, 0.15) is 55.7 Å². The molecule has 0 N–H and O–H groups in total. The van der Waals surface area contributed by atoms with Gasteiger partial charge in [0.05, 0.1) is 36.1 Å². The van der Waals surface area contributed by atoms with Crippen LogP contribution in [0.15, 0.2) is 60.8 Å². The number of carbonyl (C=O) groups excluding carboxylic acids is 2. The number of hydrogen-bond donors (Lipinski definition) is 0. The first-order valence-electron chi connectivity index (χ1n) is 13.3. The number of aryl methyl sites for hydroxylation is 1. The molecular formula is C31H31F3N2O5. The van der Waals surface area contributed by atoms with Gasteiger partial charge in [-0.05, 0) is 88.2 Å². The predicted molar refractivity (Wildman–Crippen MR) is 148 cm³/mol. The van der Waals surface area contributed by atoms with Crippen LogP contribution in [-0.2, 0) is 26.9 Å². The molecule has 2 heterocycles. The minimum absolute atomic E-state index is 0.0171. The van der Waals surface area contributed by atoms with Gasteiger partial charge in [0.25, 0.3) is 0 Å². The van der Waals surface area contributed by atoms with Gasteiger partial charge in [-0.1, -0.05) is 6.07 Å². The Balaban J connectivity index is 1.91. The minimum Gasteiger partial charge on any atom is -0.491 e. The molecule has 216 valence electrons. The normalized spacial score (nSPS) is 11.6. The third kappa shape index (κ3) is 6.70. The van der Waals surface area contributed by atoms with Crippen molar-refractivity contribution >= 4 is 22.8 Å². The van der Waals surface area contributed by atoms with Gasteiger partial charge in [-0.25, -0.2) is 4.79 Å². The minimum atomic E-state index is -4.50. The highest BCUT2D eigenvalue weighted by atomic mass is 19.4. The van der Waals surface area contributed by atoms with E-state index in [1.807, 2.05) is 26.0 Å². The summed E-state index contributed by atoms with van der Waals surface area (Å²) in [4.78, 5) is 29.7. The Morgan fingerprint density at radius 3 is 2.24 bits per heavy atom. The van der Waals surface area contributed by atoms with E-state index in [1.165, 1.54) is 6.07 Å². The Hall–Kier alpha value is -4.34. The average molecular weight is 569 g/mol. The number of ether oxygens (including phenoxy) is 3. The van der Waals surface area contributed by atoms with Crippen LogP contribution in [0.3, 0.4) is 0 Å². The van der Waals surface area contributed by atoms with E-state index in [0.29, 0.717) is 39.2 Å². The summed E-state index contributed by atoms with van der Waals surface area (Å²) in [6, 6.07) is 14.8. The number of nitrogens with zero attached hydrogens (tertiary/aromatic N) is 2. The molecular weight excluding hydrogens is 537 g/mol. The lowest BCUT2D eigenvalue weighted by molar-refractivity contribution is -0.143. The number of pyridine rings is 1. The van der Waals surface area contributed by atoms with Gasteiger partial charge in [-0.15, -0.1) is 0 Å². The van der Waals surface area contributed by atoms with Crippen LogP contribution in [0.2, 0.25) is 0 Å². The fourth-order valence-electron chi connectivity index (χ4n) is 4.59. The van der Waals surface area contributed by atoms with Crippen molar-refractivity contribution in [3.63, 3.8) is 0 Å². The molecule has 4 aromatic rings. The molecule has 0 saturated carbocycles. The van der Waals surface area contributed by atoms with E-state index < -0.39 is 23.7 Å². The zero-order chi connectivity index (χ0) is 29.7. The zero-order valence-electron chi connectivity index (χ0n) is 23.2. The quantitative estimate of drug-likeness (QED) is 0.189. The SMILES string of the molecule is CCOC(=O)CCc1c(C(=O)OCC)n(-c2ccc(OC(C)C)cc2)c2ccc(-c3ccc(C(F)(F)F)cn3)cc12. The van der Waals surface area contributed by atoms with Crippen LogP contribution in [0.4, 0.5) is 13.2 Å². The van der Waals surface area contributed by atoms with Crippen LogP contribution >= 0.6 is 0 Å². The highest BCUT2D eigenvalue weighted by molar-refractivity contribution is 6.02. The largest absolute Gasteiger partial charge is 0.491 e. The van der Waals surface area contributed by atoms with Crippen LogP contribution in [-0.4, -0.2) is 40.8 Å². The molecule has 2 aromatic heterocycles. The van der Waals surface area contributed by atoms with Crippen LogP contribution in [0.25, 0.3) is 27.8 Å². The van der Waals surface area contributed by atoms with Crippen LogP contribution in [0, 0.1) is 0 Å². The van der Waals surface area contributed by atoms with Gasteiger partial charge in [0.1, 0.15) is 11.4 Å². The van der Waals surface area contributed by atoms with Crippen molar-refractivity contribution in [3.05, 3.63) is 77.6 Å². The lowest BCUT2D eigenvalue weighted by Gasteiger charge is -2.14. The summed E-state index contributed by atoms with van der Waals surface area (Å²) in [6.45, 7) is 7.62. The summed E-state index contributed by atoms with van der Waals surface area (Å²) >= 11 is 0. The van der Waals surface area contributed by atoms with Gasteiger partial charge in [0, 0.05) is 29.3 Å². The molecule has 0 aliphatic heterocycles. The maximum absolute atomic E-state index is 13.4. The van der Waals surface area contributed by atoms with Crippen molar-refractivity contribution in [2.75, 3.05) is 13.2 Å². The molecule has 2 aromatic carbocycles. The van der Waals surface area contributed by atoms with Crippen molar-refractivity contribution in [1.29, 1.82) is 0 Å². The first-order chi connectivity index (χ1) is 19.5. The monoisotopic (exact) mass is 568 g/mol. The Labute approximate surface area is 235 Å². The van der Waals surface area contributed by atoms with Crippen LogP contribution in [0.5, 0.6) is 5.75 Å². The second-order valence-corrected chi connectivity index (χ2v) is 9.51. The summed E-state index contributed by atoms with van der Waals surface area (Å²) in [5.41, 5.74) is 2.16. The number of hydrogen-bond acceptors (Lipinski definition) is 6. The van der Waals surface area contributed by atoms with E-state index in [2.05, 4.69) is 4.98 Å². The van der Waals surface area contributed by atoms with Gasteiger partial charge in [-0.2, -0.15) is 13.2 Å². The summed E-state index contributed by atoms with van der Waals surface area (Å²) in [5, 5.41) is 0.638. The molecule has 41 heavy (non-hydrogen) atoms. The zero-order valence-corrected chi connectivity index (χ0v) is 23.2. The maximum Gasteiger partial charge on any atom is 0.417 e. The smallest absolute Gasteiger partial charge is 0.417 e. The Morgan fingerprint density at radius 2 is 1.66 bits per heavy atom. The third-order valence-electron chi connectivity index (χ3n) is 6.28. The summed E-state index contributed by atoms with van der Waals surface area (Å²) in [5.74, 6) is -0.325. The third-order valence-corrected chi connectivity index (χ3v) is 6.28. The molecule has 0 amide bonds. The van der Waals surface area contributed by atoms with Crippen LogP contribution < -0.4 is 4.74 Å². The Kier molecular flexibility index (Phi) is 9.00. The maximum atomic E-state index is 13.4. The number of benzene rings is 2. The second-order valence-electron chi connectivity index (χ2n) is 9.51. The van der Waals surface area contributed by atoms with Gasteiger partial charge < -0.3 is 18.8 Å². The number of fused-ring (bicyclic) bond motifs is 1. The molecule has 4 rings (SSSR count). The predicted octanol–water partition coefficient (Wildman–Crippen LogP) is 7.17. The Morgan fingerprint density at radius 1 is 0.951 bits per heavy atom.